The van der Waals surface area contributed by atoms with Crippen molar-refractivity contribution < 1.29 is 73.2 Å². The number of aliphatic hydroxyl groups is 1. The van der Waals surface area contributed by atoms with Gasteiger partial charge >= 0.3 is 47.5 Å². The summed E-state index contributed by atoms with van der Waals surface area (Å²) in [4.78, 5) is 48.7. The molecule has 0 radical (unpaired) electrons. The number of aliphatic hydroxyl groups excluding tert-OH is 1. The SMILES string of the molecule is C=C(C)C(=O)OC(=O)C(C)=C(C=C(C)C(=O)[O-])C(OCCO)=C(C)C(=O)OCCCCCCCCCCCC.[Na+]. The molecule has 220 valence electrons. The van der Waals surface area contributed by atoms with Crippen LogP contribution in [0.15, 0.2) is 46.3 Å². The van der Waals surface area contributed by atoms with Gasteiger partial charge in [-0.05, 0) is 45.8 Å². The molecule has 0 aliphatic carbocycles. The standard InChI is InChI=1S/C30H46O9.Na/c1-7-8-9-10-11-12-13-14-15-16-18-38-29(35)24(6)26(37-19-17-31)25(20-22(4)27(32)33)23(5)30(36)39-28(34)21(2)3;/h20,31H,2,7-19H2,1,3-6H3,(H,32,33);/q;+1/p-1. The van der Waals surface area contributed by atoms with Crippen LogP contribution < -0.4 is 34.7 Å². The molecule has 0 aromatic carbocycles. The van der Waals surface area contributed by atoms with Crippen molar-refractivity contribution in [1.82, 2.24) is 0 Å². The van der Waals surface area contributed by atoms with E-state index in [1.807, 2.05) is 0 Å². The zero-order chi connectivity index (χ0) is 29.8. The smallest absolute Gasteiger partial charge is 0.545 e. The molecular weight excluding hydrogens is 527 g/mol. The molecular formula is C30H45NaO9. The molecule has 0 spiro atoms. The first-order chi connectivity index (χ1) is 18.5. The number of allylic oxidation sites excluding steroid dienone is 1. The van der Waals surface area contributed by atoms with Crippen molar-refractivity contribution in [3.63, 3.8) is 0 Å². The molecule has 0 saturated carbocycles. The summed E-state index contributed by atoms with van der Waals surface area (Å²) < 4.78 is 15.7. The maximum atomic E-state index is 12.8. The quantitative estimate of drug-likeness (QED) is 0.0436. The number of carbonyl (C=O) groups excluding carboxylic acids is 4. The van der Waals surface area contributed by atoms with E-state index >= 15 is 0 Å². The van der Waals surface area contributed by atoms with E-state index in [0.29, 0.717) is 6.42 Å². The summed E-state index contributed by atoms with van der Waals surface area (Å²) in [6.07, 6.45) is 12.4. The third kappa shape index (κ3) is 16.8. The number of unbranched alkanes of at least 4 members (excludes halogenated alkanes) is 9. The van der Waals surface area contributed by atoms with Crippen molar-refractivity contribution in [2.45, 2.75) is 98.8 Å². The number of rotatable bonds is 20. The molecule has 0 amide bonds. The fourth-order valence-corrected chi connectivity index (χ4v) is 3.47. The number of esters is 3. The minimum absolute atomic E-state index is 0. The van der Waals surface area contributed by atoms with Crippen LogP contribution >= 0.6 is 0 Å². The van der Waals surface area contributed by atoms with Crippen LogP contribution in [0, 0.1) is 0 Å². The second kappa shape index (κ2) is 23.5. The van der Waals surface area contributed by atoms with Gasteiger partial charge in [-0.25, -0.2) is 14.4 Å². The summed E-state index contributed by atoms with van der Waals surface area (Å²) in [5, 5.41) is 20.7. The summed E-state index contributed by atoms with van der Waals surface area (Å²) >= 11 is 0. The fourth-order valence-electron chi connectivity index (χ4n) is 3.47. The fraction of sp³-hybridized carbons (Fsp3) is 0.600. The Hall–Kier alpha value is -2.20. The Morgan fingerprint density at radius 2 is 1.27 bits per heavy atom. The number of carboxylic acids is 1. The third-order valence-corrected chi connectivity index (χ3v) is 5.89. The van der Waals surface area contributed by atoms with Crippen LogP contribution in [0.4, 0.5) is 0 Å². The molecule has 0 aromatic rings. The molecule has 0 aliphatic heterocycles. The minimum Gasteiger partial charge on any atom is -0.545 e. The van der Waals surface area contributed by atoms with E-state index in [1.54, 1.807) is 0 Å². The van der Waals surface area contributed by atoms with Gasteiger partial charge < -0.3 is 29.2 Å². The van der Waals surface area contributed by atoms with Crippen LogP contribution in [-0.2, 0) is 33.4 Å². The second-order valence-electron chi connectivity index (χ2n) is 9.45. The third-order valence-electron chi connectivity index (χ3n) is 5.89. The van der Waals surface area contributed by atoms with Crippen molar-refractivity contribution in [2.75, 3.05) is 19.8 Å². The average molecular weight is 573 g/mol. The van der Waals surface area contributed by atoms with E-state index in [2.05, 4.69) is 13.5 Å². The molecule has 10 heteroatoms. The molecule has 0 aliphatic rings. The largest absolute Gasteiger partial charge is 1.00 e. The monoisotopic (exact) mass is 572 g/mol. The molecule has 1 N–H and O–H groups in total. The van der Waals surface area contributed by atoms with E-state index in [9.17, 15) is 29.4 Å². The van der Waals surface area contributed by atoms with Gasteiger partial charge in [-0.3, -0.25) is 0 Å². The maximum absolute atomic E-state index is 12.8. The van der Waals surface area contributed by atoms with Crippen LogP contribution in [-0.4, -0.2) is 48.8 Å². The maximum Gasteiger partial charge on any atom is 1.00 e. The van der Waals surface area contributed by atoms with Crippen molar-refractivity contribution >= 4 is 23.9 Å². The molecule has 9 nitrogen and oxygen atoms in total. The van der Waals surface area contributed by atoms with Gasteiger partial charge in [-0.2, -0.15) is 0 Å². The topological polar surface area (TPSA) is 139 Å². The van der Waals surface area contributed by atoms with E-state index in [4.69, 9.17) is 14.2 Å². The molecule has 0 aromatic heterocycles. The van der Waals surface area contributed by atoms with Crippen molar-refractivity contribution in [2.24, 2.45) is 0 Å². The molecule has 0 bridgehead atoms. The number of carboxylic acid groups (broad SMARTS) is 1. The van der Waals surface area contributed by atoms with Crippen LogP contribution in [0.3, 0.4) is 0 Å². The van der Waals surface area contributed by atoms with Crippen LogP contribution in [0.5, 0.6) is 0 Å². The Labute approximate surface area is 261 Å². The van der Waals surface area contributed by atoms with E-state index in [0.717, 1.165) is 25.3 Å². The number of aliphatic carboxylic acids is 1. The number of ether oxygens (including phenoxy) is 3. The van der Waals surface area contributed by atoms with Gasteiger partial charge in [0.1, 0.15) is 12.4 Å². The molecule has 0 saturated heterocycles. The first kappa shape index (κ1) is 39.9. The first-order valence-corrected chi connectivity index (χ1v) is 13.6. The molecule has 0 rings (SSSR count). The number of carbonyl (C=O) groups is 4. The first-order valence-electron chi connectivity index (χ1n) is 13.6. The number of hydrogen-bond acceptors (Lipinski definition) is 9. The predicted octanol–water partition coefficient (Wildman–Crippen LogP) is 1.40. The van der Waals surface area contributed by atoms with Gasteiger partial charge in [0.05, 0.1) is 24.8 Å². The Kier molecular flexibility index (Phi) is 23.5. The van der Waals surface area contributed by atoms with E-state index in [-0.39, 0.29) is 76.4 Å². The zero-order valence-electron chi connectivity index (χ0n) is 25.2. The number of hydrogen-bond donors (Lipinski definition) is 1. The van der Waals surface area contributed by atoms with Crippen LogP contribution in [0.1, 0.15) is 98.8 Å². The molecule has 0 atom stereocenters. The normalized spacial score (nSPS) is 12.4. The van der Waals surface area contributed by atoms with Gasteiger partial charge in [0.25, 0.3) is 0 Å². The molecule has 0 heterocycles. The summed E-state index contributed by atoms with van der Waals surface area (Å²) in [6, 6.07) is 0. The summed E-state index contributed by atoms with van der Waals surface area (Å²) in [5.74, 6) is -4.48. The van der Waals surface area contributed by atoms with E-state index < -0.39 is 30.5 Å². The van der Waals surface area contributed by atoms with Gasteiger partial charge in [0.2, 0.25) is 0 Å². The van der Waals surface area contributed by atoms with Crippen molar-refractivity contribution in [3.8, 4) is 0 Å². The minimum atomic E-state index is -1.52. The Morgan fingerprint density at radius 3 is 1.75 bits per heavy atom. The molecule has 0 fully saturated rings. The van der Waals surface area contributed by atoms with Crippen LogP contribution in [0.25, 0.3) is 0 Å². The van der Waals surface area contributed by atoms with Crippen molar-refractivity contribution in [3.05, 3.63) is 46.3 Å². The average Bonchev–Trinajstić information content (AvgIpc) is 2.89. The van der Waals surface area contributed by atoms with Gasteiger partial charge in [0, 0.05) is 16.7 Å². The second-order valence-corrected chi connectivity index (χ2v) is 9.45. The van der Waals surface area contributed by atoms with Gasteiger partial charge in [-0.1, -0.05) is 71.3 Å². The molecule has 40 heavy (non-hydrogen) atoms. The van der Waals surface area contributed by atoms with Gasteiger partial charge in [0.15, 0.2) is 0 Å². The Balaban J connectivity index is 0. The molecule has 0 unspecified atom stereocenters. The van der Waals surface area contributed by atoms with Crippen molar-refractivity contribution in [1.29, 1.82) is 0 Å². The van der Waals surface area contributed by atoms with Gasteiger partial charge in [-0.15, -0.1) is 0 Å². The Morgan fingerprint density at radius 1 is 0.750 bits per heavy atom. The predicted molar refractivity (Wildman–Crippen MR) is 146 cm³/mol. The summed E-state index contributed by atoms with van der Waals surface area (Å²) in [6.45, 7) is 10.4. The summed E-state index contributed by atoms with van der Waals surface area (Å²) in [7, 11) is 0. The van der Waals surface area contributed by atoms with Crippen LogP contribution in [0.2, 0.25) is 0 Å². The summed E-state index contributed by atoms with van der Waals surface area (Å²) in [5.41, 5.74) is -0.678. The van der Waals surface area contributed by atoms with E-state index in [1.165, 1.54) is 66.2 Å². The Bertz CT molecular complexity index is 945. The zero-order valence-corrected chi connectivity index (χ0v) is 27.2.